The molecule has 0 aliphatic heterocycles. The van der Waals surface area contributed by atoms with Crippen molar-refractivity contribution < 1.29 is 13.2 Å². The highest BCUT2D eigenvalue weighted by Gasteiger charge is 2.14. The lowest BCUT2D eigenvalue weighted by atomic mass is 9.94. The Bertz CT molecular complexity index is 566. The van der Waals surface area contributed by atoms with Crippen molar-refractivity contribution in [2.24, 2.45) is 5.92 Å². The smallest absolute Gasteiger partial charge is 0.162 e. The first kappa shape index (κ1) is 15.1. The van der Waals surface area contributed by atoms with Gasteiger partial charge in [0.2, 0.25) is 0 Å². The van der Waals surface area contributed by atoms with E-state index in [9.17, 15) is 13.2 Å². The number of hydrogen-bond acceptors (Lipinski definition) is 0. The van der Waals surface area contributed by atoms with Crippen LogP contribution in [0.15, 0.2) is 42.5 Å². The third-order valence-electron chi connectivity index (χ3n) is 3.20. The SMILES string of the molecule is Fc1ccc(CC(CBr)Cc2cccc(F)c2F)cc1. The largest absolute Gasteiger partial charge is 0.207 e. The van der Waals surface area contributed by atoms with Gasteiger partial charge in [-0.2, -0.15) is 0 Å². The van der Waals surface area contributed by atoms with Gasteiger partial charge in [-0.1, -0.05) is 40.2 Å². The molecule has 0 nitrogen and oxygen atoms in total. The first-order valence-electron chi connectivity index (χ1n) is 6.33. The van der Waals surface area contributed by atoms with Crippen LogP contribution in [-0.2, 0) is 12.8 Å². The lowest BCUT2D eigenvalue weighted by Crippen LogP contribution is -2.11. The van der Waals surface area contributed by atoms with Crippen LogP contribution in [0.3, 0.4) is 0 Å². The first-order valence-corrected chi connectivity index (χ1v) is 7.45. The minimum atomic E-state index is -0.822. The topological polar surface area (TPSA) is 0 Å². The van der Waals surface area contributed by atoms with Crippen molar-refractivity contribution in [3.8, 4) is 0 Å². The normalized spacial score (nSPS) is 12.4. The van der Waals surface area contributed by atoms with Gasteiger partial charge in [0.05, 0.1) is 0 Å². The molecule has 0 spiro atoms. The Hall–Kier alpha value is -1.29. The van der Waals surface area contributed by atoms with E-state index in [2.05, 4.69) is 15.9 Å². The fraction of sp³-hybridized carbons (Fsp3) is 0.250. The van der Waals surface area contributed by atoms with E-state index in [0.29, 0.717) is 23.7 Å². The Balaban J connectivity index is 2.09. The molecule has 0 aromatic heterocycles. The summed E-state index contributed by atoms with van der Waals surface area (Å²) in [7, 11) is 0. The van der Waals surface area contributed by atoms with Crippen molar-refractivity contribution in [1.82, 2.24) is 0 Å². The summed E-state index contributed by atoms with van der Waals surface area (Å²) in [5, 5.41) is 0.667. The molecule has 0 heterocycles. The van der Waals surface area contributed by atoms with Crippen LogP contribution in [0.5, 0.6) is 0 Å². The molecule has 2 aromatic carbocycles. The highest BCUT2D eigenvalue weighted by atomic mass is 79.9. The molecule has 0 radical (unpaired) electrons. The van der Waals surface area contributed by atoms with Gasteiger partial charge in [-0.05, 0) is 48.1 Å². The Morgan fingerprint density at radius 2 is 1.60 bits per heavy atom. The maximum atomic E-state index is 13.7. The molecule has 20 heavy (non-hydrogen) atoms. The number of alkyl halides is 1. The average Bonchev–Trinajstić information content (AvgIpc) is 2.45. The van der Waals surface area contributed by atoms with Crippen LogP contribution in [0.4, 0.5) is 13.2 Å². The molecule has 0 saturated heterocycles. The van der Waals surface area contributed by atoms with Gasteiger partial charge in [0.15, 0.2) is 11.6 Å². The maximum absolute atomic E-state index is 13.7. The summed E-state index contributed by atoms with van der Waals surface area (Å²) in [5.74, 6) is -1.76. The first-order chi connectivity index (χ1) is 9.60. The standard InChI is InChI=1S/C16H14BrF3/c17-10-12(8-11-4-6-14(18)7-5-11)9-13-2-1-3-15(19)16(13)20/h1-7,12H,8-10H2. The maximum Gasteiger partial charge on any atom is 0.162 e. The molecule has 0 bridgehead atoms. The van der Waals surface area contributed by atoms with Crippen molar-refractivity contribution in [1.29, 1.82) is 0 Å². The molecule has 1 atom stereocenters. The Morgan fingerprint density at radius 3 is 2.25 bits per heavy atom. The molecule has 0 amide bonds. The van der Waals surface area contributed by atoms with Crippen molar-refractivity contribution in [3.63, 3.8) is 0 Å². The van der Waals surface area contributed by atoms with Crippen LogP contribution >= 0.6 is 15.9 Å². The lowest BCUT2D eigenvalue weighted by Gasteiger charge is -2.15. The van der Waals surface area contributed by atoms with Crippen molar-refractivity contribution in [3.05, 3.63) is 71.0 Å². The summed E-state index contributed by atoms with van der Waals surface area (Å²) in [6.45, 7) is 0. The van der Waals surface area contributed by atoms with Gasteiger partial charge in [-0.15, -0.1) is 0 Å². The summed E-state index contributed by atoms with van der Waals surface area (Å²) < 4.78 is 39.7. The van der Waals surface area contributed by atoms with E-state index >= 15 is 0 Å². The number of halogens is 4. The molecular formula is C16H14BrF3. The van der Waals surface area contributed by atoms with Crippen LogP contribution in [-0.4, -0.2) is 5.33 Å². The van der Waals surface area contributed by atoms with E-state index in [4.69, 9.17) is 0 Å². The second-order valence-corrected chi connectivity index (χ2v) is 5.42. The number of benzene rings is 2. The van der Waals surface area contributed by atoms with E-state index in [1.165, 1.54) is 18.2 Å². The quantitative estimate of drug-likeness (QED) is 0.678. The van der Waals surface area contributed by atoms with Gasteiger partial charge in [0.25, 0.3) is 0 Å². The van der Waals surface area contributed by atoms with Gasteiger partial charge < -0.3 is 0 Å². The molecule has 4 heteroatoms. The lowest BCUT2D eigenvalue weighted by molar-refractivity contribution is 0.484. The van der Waals surface area contributed by atoms with Crippen molar-refractivity contribution in [2.45, 2.75) is 12.8 Å². The van der Waals surface area contributed by atoms with E-state index < -0.39 is 11.6 Å². The molecule has 106 valence electrons. The van der Waals surface area contributed by atoms with Crippen LogP contribution in [0.2, 0.25) is 0 Å². The molecule has 0 N–H and O–H groups in total. The summed E-state index contributed by atoms with van der Waals surface area (Å²) in [5.41, 5.74) is 1.35. The van der Waals surface area contributed by atoms with Crippen molar-refractivity contribution >= 4 is 15.9 Å². The van der Waals surface area contributed by atoms with Crippen LogP contribution in [0.1, 0.15) is 11.1 Å². The van der Waals surface area contributed by atoms with E-state index in [1.54, 1.807) is 18.2 Å². The average molecular weight is 343 g/mol. The Kier molecular flexibility index (Phi) is 5.24. The molecule has 0 fully saturated rings. The van der Waals surface area contributed by atoms with Crippen LogP contribution in [0, 0.1) is 23.4 Å². The minimum Gasteiger partial charge on any atom is -0.207 e. The molecule has 0 aliphatic carbocycles. The third-order valence-corrected chi connectivity index (χ3v) is 4.11. The van der Waals surface area contributed by atoms with E-state index in [0.717, 1.165) is 11.6 Å². The monoisotopic (exact) mass is 342 g/mol. The molecule has 2 aromatic rings. The van der Waals surface area contributed by atoms with Crippen molar-refractivity contribution in [2.75, 3.05) is 5.33 Å². The highest BCUT2D eigenvalue weighted by Crippen LogP contribution is 2.20. The summed E-state index contributed by atoms with van der Waals surface area (Å²) in [6.07, 6.45) is 1.12. The van der Waals surface area contributed by atoms with Gasteiger partial charge in [-0.25, -0.2) is 13.2 Å². The van der Waals surface area contributed by atoms with E-state index in [1.807, 2.05) is 0 Å². The second-order valence-electron chi connectivity index (χ2n) is 4.77. The van der Waals surface area contributed by atoms with Gasteiger partial charge >= 0.3 is 0 Å². The van der Waals surface area contributed by atoms with Gasteiger partial charge in [-0.3, -0.25) is 0 Å². The molecular weight excluding hydrogens is 329 g/mol. The van der Waals surface area contributed by atoms with Gasteiger partial charge in [0.1, 0.15) is 5.82 Å². The number of hydrogen-bond donors (Lipinski definition) is 0. The number of rotatable bonds is 5. The fourth-order valence-electron chi connectivity index (χ4n) is 2.15. The van der Waals surface area contributed by atoms with E-state index in [-0.39, 0.29) is 11.7 Å². The van der Waals surface area contributed by atoms with Crippen LogP contribution in [0.25, 0.3) is 0 Å². The van der Waals surface area contributed by atoms with Gasteiger partial charge in [0, 0.05) is 5.33 Å². The summed E-state index contributed by atoms with van der Waals surface area (Å²) in [4.78, 5) is 0. The molecule has 1 unspecified atom stereocenters. The van der Waals surface area contributed by atoms with Crippen LogP contribution < -0.4 is 0 Å². The summed E-state index contributed by atoms with van der Waals surface area (Å²) in [6, 6.07) is 10.5. The Labute approximate surface area is 124 Å². The molecule has 0 saturated carbocycles. The predicted octanol–water partition coefficient (Wildman–Crippen LogP) is 4.90. The zero-order chi connectivity index (χ0) is 14.5. The third kappa shape index (κ3) is 3.85. The zero-order valence-corrected chi connectivity index (χ0v) is 12.3. The summed E-state index contributed by atoms with van der Waals surface area (Å²) >= 11 is 3.40. The molecule has 0 aliphatic rings. The predicted molar refractivity (Wildman–Crippen MR) is 77.5 cm³/mol. The Morgan fingerprint density at radius 1 is 0.900 bits per heavy atom. The second kappa shape index (κ2) is 6.93. The fourth-order valence-corrected chi connectivity index (χ4v) is 2.61. The zero-order valence-electron chi connectivity index (χ0n) is 10.8. The molecule has 2 rings (SSSR count). The highest BCUT2D eigenvalue weighted by molar-refractivity contribution is 9.09. The minimum absolute atomic E-state index is 0.122.